The Morgan fingerprint density at radius 3 is 2.74 bits per heavy atom. The van der Waals surface area contributed by atoms with E-state index in [4.69, 9.17) is 4.74 Å². The van der Waals surface area contributed by atoms with E-state index in [1.165, 1.54) is 12.0 Å². The third-order valence-corrected chi connectivity index (χ3v) is 5.83. The van der Waals surface area contributed by atoms with E-state index in [0.29, 0.717) is 30.2 Å². The number of ether oxygens (including phenoxy) is 1. The monoisotopic (exact) mass is 363 g/mol. The van der Waals surface area contributed by atoms with Gasteiger partial charge >= 0.3 is 0 Å². The van der Waals surface area contributed by atoms with Crippen LogP contribution in [-0.4, -0.2) is 28.5 Å². The maximum atomic E-state index is 12.4. The number of H-pyrrole nitrogens is 1. The Morgan fingerprint density at radius 2 is 2.00 bits per heavy atom. The van der Waals surface area contributed by atoms with Crippen molar-refractivity contribution in [3.8, 4) is 5.88 Å². The van der Waals surface area contributed by atoms with Crippen LogP contribution in [0, 0.1) is 0 Å². The van der Waals surface area contributed by atoms with Crippen LogP contribution in [0.2, 0.25) is 0 Å². The lowest BCUT2D eigenvalue weighted by molar-refractivity contribution is -0.119. The van der Waals surface area contributed by atoms with E-state index < -0.39 is 0 Å². The standard InChI is InChI=1S/C21H21N3O3/c25-19-5-4-14(24-19)11-27-21-15-9-16-17(8-13(15)6-7-22-21)20(26)23-10-18(16)12-2-1-3-12/h6-10,12,14H,1-5,11H2,(H,23,26)(H,24,25). The molecule has 2 aromatic heterocycles. The molecule has 2 fully saturated rings. The third-order valence-electron chi connectivity index (χ3n) is 5.83. The van der Waals surface area contributed by atoms with Gasteiger partial charge in [0.1, 0.15) is 6.61 Å². The topological polar surface area (TPSA) is 84.1 Å². The number of amides is 1. The molecule has 0 radical (unpaired) electrons. The van der Waals surface area contributed by atoms with Crippen LogP contribution in [0.25, 0.3) is 21.5 Å². The Kier molecular flexibility index (Phi) is 3.85. The van der Waals surface area contributed by atoms with Crippen molar-refractivity contribution in [2.45, 2.75) is 44.1 Å². The van der Waals surface area contributed by atoms with Crippen LogP contribution in [0.4, 0.5) is 0 Å². The lowest BCUT2D eigenvalue weighted by atomic mass is 9.79. The van der Waals surface area contributed by atoms with Gasteiger partial charge in [-0.3, -0.25) is 9.59 Å². The summed E-state index contributed by atoms with van der Waals surface area (Å²) < 4.78 is 5.96. The van der Waals surface area contributed by atoms with Crippen LogP contribution < -0.4 is 15.6 Å². The maximum absolute atomic E-state index is 12.4. The number of hydrogen-bond donors (Lipinski definition) is 2. The van der Waals surface area contributed by atoms with Crippen molar-refractivity contribution in [3.63, 3.8) is 0 Å². The molecule has 6 nitrogen and oxygen atoms in total. The van der Waals surface area contributed by atoms with Crippen LogP contribution in [0.3, 0.4) is 0 Å². The van der Waals surface area contributed by atoms with Gasteiger partial charge in [-0.05, 0) is 59.7 Å². The molecule has 1 saturated heterocycles. The van der Waals surface area contributed by atoms with Crippen LogP contribution in [-0.2, 0) is 4.79 Å². The first-order chi connectivity index (χ1) is 13.2. The van der Waals surface area contributed by atoms with Gasteiger partial charge in [0.05, 0.1) is 6.04 Å². The highest BCUT2D eigenvalue weighted by Gasteiger charge is 2.24. The molecule has 2 aliphatic rings. The van der Waals surface area contributed by atoms with Crippen LogP contribution >= 0.6 is 0 Å². The van der Waals surface area contributed by atoms with Gasteiger partial charge in [-0.1, -0.05) is 6.42 Å². The molecule has 0 spiro atoms. The van der Waals surface area contributed by atoms with Crippen molar-refractivity contribution in [3.05, 3.63) is 46.5 Å². The minimum atomic E-state index is -0.0667. The fraction of sp³-hybridized carbons (Fsp3) is 0.381. The minimum absolute atomic E-state index is 0.0309. The third kappa shape index (κ3) is 2.85. The van der Waals surface area contributed by atoms with Crippen molar-refractivity contribution >= 4 is 27.5 Å². The second-order valence-corrected chi connectivity index (χ2v) is 7.55. The molecular formula is C21H21N3O3. The minimum Gasteiger partial charge on any atom is -0.475 e. The van der Waals surface area contributed by atoms with E-state index in [0.717, 1.165) is 35.4 Å². The number of benzene rings is 1. The molecule has 1 atom stereocenters. The average molecular weight is 363 g/mol. The molecule has 5 rings (SSSR count). The molecular weight excluding hydrogens is 342 g/mol. The number of carbonyl (C=O) groups is 1. The second kappa shape index (κ2) is 6.37. The fourth-order valence-corrected chi connectivity index (χ4v) is 4.07. The first-order valence-electron chi connectivity index (χ1n) is 9.55. The Morgan fingerprint density at radius 1 is 1.11 bits per heavy atom. The molecule has 3 aromatic rings. The Bertz CT molecular complexity index is 1100. The van der Waals surface area contributed by atoms with E-state index in [1.807, 2.05) is 24.4 Å². The van der Waals surface area contributed by atoms with Crippen molar-refractivity contribution < 1.29 is 9.53 Å². The summed E-state index contributed by atoms with van der Waals surface area (Å²) in [7, 11) is 0. The predicted molar refractivity (Wildman–Crippen MR) is 103 cm³/mol. The molecule has 138 valence electrons. The zero-order valence-corrected chi connectivity index (χ0v) is 15.0. The number of carbonyl (C=O) groups excluding carboxylic acids is 1. The van der Waals surface area contributed by atoms with Crippen molar-refractivity contribution in [2.75, 3.05) is 6.61 Å². The zero-order chi connectivity index (χ0) is 18.4. The number of hydrogen-bond acceptors (Lipinski definition) is 4. The van der Waals surface area contributed by atoms with Gasteiger partial charge < -0.3 is 15.0 Å². The summed E-state index contributed by atoms with van der Waals surface area (Å²) in [5, 5.41) is 6.45. The summed E-state index contributed by atoms with van der Waals surface area (Å²) in [5.41, 5.74) is 1.14. The largest absolute Gasteiger partial charge is 0.475 e. The number of pyridine rings is 2. The predicted octanol–water partition coefficient (Wildman–Crippen LogP) is 3.00. The summed E-state index contributed by atoms with van der Waals surface area (Å²) >= 11 is 0. The quantitative estimate of drug-likeness (QED) is 0.698. The molecule has 27 heavy (non-hydrogen) atoms. The lowest BCUT2D eigenvalue weighted by Gasteiger charge is -2.26. The van der Waals surface area contributed by atoms with E-state index in [1.54, 1.807) is 6.20 Å². The summed E-state index contributed by atoms with van der Waals surface area (Å²) in [6.45, 7) is 0.404. The van der Waals surface area contributed by atoms with Gasteiger partial charge in [0, 0.05) is 29.6 Å². The molecule has 6 heteroatoms. The highest BCUT2D eigenvalue weighted by molar-refractivity contribution is 6.01. The molecule has 1 amide bonds. The maximum Gasteiger partial charge on any atom is 0.255 e. The average Bonchev–Trinajstić information content (AvgIpc) is 3.05. The van der Waals surface area contributed by atoms with Crippen molar-refractivity contribution in [2.24, 2.45) is 0 Å². The number of aromatic amines is 1. The summed E-state index contributed by atoms with van der Waals surface area (Å²) in [5.74, 6) is 1.14. The molecule has 1 unspecified atom stereocenters. The molecule has 3 heterocycles. The fourth-order valence-electron chi connectivity index (χ4n) is 4.07. The van der Waals surface area contributed by atoms with Gasteiger partial charge in [-0.2, -0.15) is 0 Å². The van der Waals surface area contributed by atoms with E-state index in [9.17, 15) is 9.59 Å². The van der Waals surface area contributed by atoms with E-state index in [-0.39, 0.29) is 17.5 Å². The number of nitrogens with zero attached hydrogens (tertiary/aromatic N) is 1. The van der Waals surface area contributed by atoms with Crippen LogP contribution in [0.15, 0.2) is 35.4 Å². The van der Waals surface area contributed by atoms with Gasteiger partial charge in [0.25, 0.3) is 5.56 Å². The first-order valence-corrected chi connectivity index (χ1v) is 9.55. The highest BCUT2D eigenvalue weighted by Crippen LogP contribution is 2.40. The van der Waals surface area contributed by atoms with E-state index >= 15 is 0 Å². The molecule has 1 saturated carbocycles. The van der Waals surface area contributed by atoms with Crippen LogP contribution in [0.5, 0.6) is 5.88 Å². The summed E-state index contributed by atoms with van der Waals surface area (Å²) in [6, 6.07) is 5.90. The van der Waals surface area contributed by atoms with Gasteiger partial charge in [-0.25, -0.2) is 4.98 Å². The number of rotatable bonds is 4. The van der Waals surface area contributed by atoms with Gasteiger partial charge in [0.15, 0.2) is 0 Å². The Labute approximate surface area is 155 Å². The van der Waals surface area contributed by atoms with Gasteiger partial charge in [-0.15, -0.1) is 0 Å². The Hall–Kier alpha value is -2.89. The number of aromatic nitrogens is 2. The normalized spacial score (nSPS) is 20.0. The van der Waals surface area contributed by atoms with Crippen molar-refractivity contribution in [1.29, 1.82) is 0 Å². The molecule has 1 aromatic carbocycles. The Balaban J connectivity index is 1.58. The zero-order valence-electron chi connectivity index (χ0n) is 15.0. The molecule has 1 aliphatic heterocycles. The van der Waals surface area contributed by atoms with Crippen LogP contribution in [0.1, 0.15) is 43.6 Å². The molecule has 0 bridgehead atoms. The molecule has 1 aliphatic carbocycles. The second-order valence-electron chi connectivity index (χ2n) is 7.55. The lowest BCUT2D eigenvalue weighted by Crippen LogP contribution is -2.31. The van der Waals surface area contributed by atoms with Crippen molar-refractivity contribution in [1.82, 2.24) is 15.3 Å². The molecule has 2 N–H and O–H groups in total. The van der Waals surface area contributed by atoms with E-state index in [2.05, 4.69) is 15.3 Å². The summed E-state index contributed by atoms with van der Waals surface area (Å²) in [4.78, 5) is 31.1. The number of fused-ring (bicyclic) bond motifs is 2. The first kappa shape index (κ1) is 16.3. The SMILES string of the molecule is O=C1CCC(COc2nccc3cc4c(=O)[nH]cc(C5CCC5)c4cc23)N1. The van der Waals surface area contributed by atoms with Gasteiger partial charge in [0.2, 0.25) is 11.8 Å². The highest BCUT2D eigenvalue weighted by atomic mass is 16.5. The smallest absolute Gasteiger partial charge is 0.255 e. The summed E-state index contributed by atoms with van der Waals surface area (Å²) in [6.07, 6.45) is 8.46. The number of nitrogens with one attached hydrogen (secondary N) is 2.